The maximum absolute atomic E-state index is 5.86. The first-order valence-corrected chi connectivity index (χ1v) is 6.27. The highest BCUT2D eigenvalue weighted by molar-refractivity contribution is 6.51. The van der Waals surface area contributed by atoms with Gasteiger partial charge in [0.2, 0.25) is 0 Å². The molecular formula is C13H25BO2. The summed E-state index contributed by atoms with van der Waals surface area (Å²) in [6.07, 6.45) is 4.49. The van der Waals surface area contributed by atoms with Gasteiger partial charge in [0, 0.05) is 0 Å². The molecule has 1 aliphatic heterocycles. The van der Waals surface area contributed by atoms with E-state index in [1.54, 1.807) is 0 Å². The van der Waals surface area contributed by atoms with E-state index in [2.05, 4.69) is 47.6 Å². The van der Waals surface area contributed by atoms with Crippen molar-refractivity contribution < 1.29 is 9.31 Å². The molecule has 0 N–H and O–H groups in total. The van der Waals surface area contributed by atoms with E-state index >= 15 is 0 Å². The van der Waals surface area contributed by atoms with Crippen LogP contribution >= 0.6 is 0 Å². The highest BCUT2D eigenvalue weighted by Crippen LogP contribution is 2.36. The van der Waals surface area contributed by atoms with E-state index in [0.29, 0.717) is 0 Å². The van der Waals surface area contributed by atoms with Crippen LogP contribution < -0.4 is 0 Å². The Balaban J connectivity index is 2.42. The highest BCUT2D eigenvalue weighted by Gasteiger charge is 2.49. The van der Waals surface area contributed by atoms with Gasteiger partial charge in [0.15, 0.2) is 0 Å². The van der Waals surface area contributed by atoms with E-state index in [-0.39, 0.29) is 18.3 Å². The van der Waals surface area contributed by atoms with Gasteiger partial charge in [-0.1, -0.05) is 25.9 Å². The molecular weight excluding hydrogens is 199 g/mol. The lowest BCUT2D eigenvalue weighted by Crippen LogP contribution is -2.41. The molecule has 0 amide bonds. The summed E-state index contributed by atoms with van der Waals surface area (Å²) in [5.74, 6) is 2.79. The molecule has 1 rings (SSSR count). The highest BCUT2D eigenvalue weighted by atomic mass is 16.7. The summed E-state index contributed by atoms with van der Waals surface area (Å²) in [7, 11) is -0.183. The van der Waals surface area contributed by atoms with Gasteiger partial charge in [-0.25, -0.2) is 0 Å². The quantitative estimate of drug-likeness (QED) is 0.679. The normalized spacial score (nSPS) is 23.6. The number of hydrogen-bond donors (Lipinski definition) is 0. The summed E-state index contributed by atoms with van der Waals surface area (Å²) in [5.41, 5.74) is -0.444. The van der Waals surface area contributed by atoms with Crippen LogP contribution in [0.15, 0.2) is 12.1 Å². The van der Waals surface area contributed by atoms with E-state index in [9.17, 15) is 0 Å². The summed E-state index contributed by atoms with van der Waals surface area (Å²) in [5, 5.41) is 0. The zero-order valence-electron chi connectivity index (χ0n) is 11.5. The molecule has 2 nitrogen and oxygen atoms in total. The zero-order chi connectivity index (χ0) is 12.4. The van der Waals surface area contributed by atoms with Crippen LogP contribution in [-0.2, 0) is 9.31 Å². The molecule has 1 fully saturated rings. The molecule has 16 heavy (non-hydrogen) atoms. The minimum atomic E-state index is -0.222. The molecule has 0 atom stereocenters. The average molecular weight is 224 g/mol. The maximum atomic E-state index is 5.86. The summed E-state index contributed by atoms with van der Waals surface area (Å²) in [4.78, 5) is 0. The Labute approximate surface area is 101 Å². The predicted molar refractivity (Wildman–Crippen MR) is 69.3 cm³/mol. The van der Waals surface area contributed by atoms with E-state index in [1.165, 1.54) is 6.42 Å². The second-order valence-corrected chi connectivity index (χ2v) is 6.02. The molecule has 1 heterocycles. The first-order chi connectivity index (χ1) is 7.24. The molecule has 0 unspecified atom stereocenters. The fourth-order valence-electron chi connectivity index (χ4n) is 1.60. The van der Waals surface area contributed by atoms with Gasteiger partial charge in [-0.3, -0.25) is 0 Å². The number of allylic oxidation sites excluding steroid dienone is 1. The average Bonchev–Trinajstić information content (AvgIpc) is 2.29. The molecule has 0 aromatic rings. The monoisotopic (exact) mass is 224 g/mol. The van der Waals surface area contributed by atoms with Crippen molar-refractivity contribution in [1.82, 2.24) is 0 Å². The van der Waals surface area contributed by atoms with Gasteiger partial charge >= 0.3 is 7.12 Å². The third-order valence-corrected chi connectivity index (χ3v) is 3.48. The van der Waals surface area contributed by atoms with E-state index < -0.39 is 0 Å². The van der Waals surface area contributed by atoms with Crippen molar-refractivity contribution in [1.29, 1.82) is 0 Å². The van der Waals surface area contributed by atoms with Crippen LogP contribution in [0.2, 0.25) is 0 Å². The molecule has 0 bridgehead atoms. The van der Waals surface area contributed by atoms with E-state index in [0.717, 1.165) is 12.3 Å². The maximum Gasteiger partial charge on any atom is 0.486 e. The summed E-state index contributed by atoms with van der Waals surface area (Å²) >= 11 is 0. The molecule has 92 valence electrons. The molecule has 1 aliphatic rings. The second kappa shape index (κ2) is 4.93. The van der Waals surface area contributed by atoms with E-state index in [1.807, 2.05) is 5.98 Å². The Bertz CT molecular complexity index is 241. The minimum Gasteiger partial charge on any atom is -0.400 e. The van der Waals surface area contributed by atoms with Crippen LogP contribution in [0.5, 0.6) is 0 Å². The Morgan fingerprint density at radius 1 is 1.06 bits per heavy atom. The molecule has 0 radical (unpaired) electrons. The Kier molecular flexibility index (Phi) is 4.25. The lowest BCUT2D eigenvalue weighted by molar-refractivity contribution is 0.00578. The fraction of sp³-hybridized carbons (Fsp3) is 0.846. The number of rotatable bonds is 4. The summed E-state index contributed by atoms with van der Waals surface area (Å²) in [6, 6.07) is 0. The lowest BCUT2D eigenvalue weighted by Gasteiger charge is -2.32. The van der Waals surface area contributed by atoms with Gasteiger partial charge in [0.05, 0.1) is 11.2 Å². The van der Waals surface area contributed by atoms with Crippen molar-refractivity contribution in [2.75, 3.05) is 0 Å². The third-order valence-electron chi connectivity index (χ3n) is 3.48. The molecule has 0 spiro atoms. The zero-order valence-corrected chi connectivity index (χ0v) is 11.5. The lowest BCUT2D eigenvalue weighted by atomic mass is 9.89. The fourth-order valence-corrected chi connectivity index (χ4v) is 1.60. The molecule has 0 aromatic carbocycles. The van der Waals surface area contributed by atoms with Crippen molar-refractivity contribution in [3.05, 3.63) is 12.1 Å². The molecule has 1 saturated heterocycles. The van der Waals surface area contributed by atoms with Gasteiger partial charge in [-0.2, -0.15) is 0 Å². The van der Waals surface area contributed by atoms with Crippen LogP contribution in [0, 0.1) is 5.92 Å². The van der Waals surface area contributed by atoms with Gasteiger partial charge in [0.25, 0.3) is 0 Å². The first kappa shape index (κ1) is 13.8. The third kappa shape index (κ3) is 3.36. The number of hydrogen-bond acceptors (Lipinski definition) is 2. The molecule has 0 aliphatic carbocycles. The Morgan fingerprint density at radius 3 is 2.00 bits per heavy atom. The van der Waals surface area contributed by atoms with Gasteiger partial charge in [-0.15, -0.1) is 0 Å². The largest absolute Gasteiger partial charge is 0.486 e. The van der Waals surface area contributed by atoms with Crippen LogP contribution in [0.3, 0.4) is 0 Å². The van der Waals surface area contributed by atoms with Crippen molar-refractivity contribution in [2.24, 2.45) is 5.92 Å². The summed E-state index contributed by atoms with van der Waals surface area (Å²) < 4.78 is 11.7. The van der Waals surface area contributed by atoms with Crippen molar-refractivity contribution in [3.63, 3.8) is 0 Å². The summed E-state index contributed by atoms with van der Waals surface area (Å²) in [6.45, 7) is 12.8. The van der Waals surface area contributed by atoms with Crippen LogP contribution in [0.4, 0.5) is 0 Å². The van der Waals surface area contributed by atoms with Crippen molar-refractivity contribution in [3.8, 4) is 0 Å². The van der Waals surface area contributed by atoms with E-state index in [4.69, 9.17) is 9.31 Å². The second-order valence-electron chi connectivity index (χ2n) is 6.02. The van der Waals surface area contributed by atoms with Crippen LogP contribution in [0.25, 0.3) is 0 Å². The van der Waals surface area contributed by atoms with Gasteiger partial charge in [-0.05, 0) is 46.5 Å². The SMILES string of the molecule is CC(C)CC/C=C/B1OC(C)(C)C(C)(C)O1. The standard InChI is InChI=1S/C13H25BO2/c1-11(2)9-7-8-10-14-15-12(3,4)13(5,6)16-14/h8,10-11H,7,9H2,1-6H3/b10-8+. The molecule has 0 aromatic heterocycles. The Hall–Kier alpha value is -0.275. The minimum absolute atomic E-state index is 0.183. The van der Waals surface area contributed by atoms with Gasteiger partial charge < -0.3 is 9.31 Å². The topological polar surface area (TPSA) is 18.5 Å². The van der Waals surface area contributed by atoms with Crippen LogP contribution in [0.1, 0.15) is 54.4 Å². The molecule has 0 saturated carbocycles. The van der Waals surface area contributed by atoms with Crippen LogP contribution in [-0.4, -0.2) is 18.3 Å². The predicted octanol–water partition coefficient (Wildman–Crippen LogP) is 3.61. The first-order valence-electron chi connectivity index (χ1n) is 6.27. The smallest absolute Gasteiger partial charge is 0.400 e. The van der Waals surface area contributed by atoms with Gasteiger partial charge in [0.1, 0.15) is 0 Å². The Morgan fingerprint density at radius 2 is 1.56 bits per heavy atom. The molecule has 3 heteroatoms. The van der Waals surface area contributed by atoms with Crippen molar-refractivity contribution >= 4 is 7.12 Å². The van der Waals surface area contributed by atoms with Crippen molar-refractivity contribution in [2.45, 2.75) is 65.6 Å².